The van der Waals surface area contributed by atoms with Crippen LogP contribution in [-0.2, 0) is 18.9 Å². The normalized spacial score (nSPS) is 45.8. The molecule has 0 amide bonds. The van der Waals surface area contributed by atoms with Gasteiger partial charge in [-0.3, -0.25) is 0 Å². The summed E-state index contributed by atoms with van der Waals surface area (Å²) in [6.07, 6.45) is -15.7. The van der Waals surface area contributed by atoms with E-state index in [1.807, 2.05) is 6.92 Å². The van der Waals surface area contributed by atoms with E-state index >= 15 is 0 Å². The predicted molar refractivity (Wildman–Crippen MR) is 88.4 cm³/mol. The Morgan fingerprint density at radius 2 is 1.54 bits per heavy atom. The zero-order valence-electron chi connectivity index (χ0n) is 15.4. The van der Waals surface area contributed by atoms with Crippen LogP contribution in [0.2, 0.25) is 0 Å². The Labute approximate surface area is 161 Å². The first-order valence-electron chi connectivity index (χ1n) is 9.16. The molecule has 2 saturated heterocycles. The van der Waals surface area contributed by atoms with Crippen molar-refractivity contribution in [1.29, 1.82) is 0 Å². The second-order valence-electron chi connectivity index (χ2n) is 6.92. The number of rotatable bonds is 8. The van der Waals surface area contributed by atoms with E-state index in [0.29, 0.717) is 12.8 Å². The number of hydrogen-bond donors (Lipinski definition) is 8. The fourth-order valence-electron chi connectivity index (χ4n) is 3.09. The van der Waals surface area contributed by atoms with E-state index in [2.05, 4.69) is 0 Å². The molecule has 2 rings (SSSR count). The Kier molecular flexibility index (Phi) is 8.94. The molecule has 11 atom stereocenters. The topological polar surface area (TPSA) is 199 Å². The molecule has 0 saturated carbocycles. The first-order chi connectivity index (χ1) is 13.2. The lowest BCUT2D eigenvalue weighted by Crippen LogP contribution is -2.64. The molecular formula is C16H30O12. The molecule has 166 valence electrons. The van der Waals surface area contributed by atoms with Gasteiger partial charge in [-0.15, -0.1) is 0 Å². The van der Waals surface area contributed by atoms with E-state index in [1.165, 1.54) is 0 Å². The van der Waals surface area contributed by atoms with Gasteiger partial charge in [0.1, 0.15) is 48.8 Å². The molecule has 2 fully saturated rings. The van der Waals surface area contributed by atoms with Gasteiger partial charge >= 0.3 is 0 Å². The third-order valence-corrected chi connectivity index (χ3v) is 4.79. The van der Waals surface area contributed by atoms with Crippen molar-refractivity contribution in [1.82, 2.24) is 0 Å². The zero-order chi connectivity index (χ0) is 21.0. The molecular weight excluding hydrogens is 384 g/mol. The van der Waals surface area contributed by atoms with Crippen LogP contribution in [0.3, 0.4) is 0 Å². The highest BCUT2D eigenvalue weighted by molar-refractivity contribution is 4.93. The lowest BCUT2D eigenvalue weighted by molar-refractivity contribution is -0.357. The van der Waals surface area contributed by atoms with Crippen molar-refractivity contribution < 1.29 is 59.8 Å². The smallest absolute Gasteiger partial charge is 0.187 e. The summed E-state index contributed by atoms with van der Waals surface area (Å²) in [6, 6.07) is 0. The van der Waals surface area contributed by atoms with Gasteiger partial charge in [0.05, 0.1) is 13.2 Å². The SMILES string of the molecule is CCCC(O)OC[C@H]1O[C@@H](O[C@H]2[C@H](O)[C@@H](O)[C@@H](O)O[C@@H]2CO)[C@H](O)[C@@H](O)[C@H]1O. The van der Waals surface area contributed by atoms with Gasteiger partial charge in [-0.05, 0) is 6.42 Å². The average molecular weight is 414 g/mol. The minimum atomic E-state index is -1.75. The molecule has 2 aliphatic heterocycles. The molecule has 8 N–H and O–H groups in total. The van der Waals surface area contributed by atoms with Crippen LogP contribution in [0.1, 0.15) is 19.8 Å². The van der Waals surface area contributed by atoms with Crippen LogP contribution in [0, 0.1) is 0 Å². The predicted octanol–water partition coefficient (Wildman–Crippen LogP) is -4.25. The molecule has 0 aromatic heterocycles. The minimum absolute atomic E-state index is 0.319. The van der Waals surface area contributed by atoms with Crippen molar-refractivity contribution in [3.63, 3.8) is 0 Å². The number of aliphatic hydroxyl groups is 8. The molecule has 12 nitrogen and oxygen atoms in total. The van der Waals surface area contributed by atoms with E-state index in [0.717, 1.165) is 0 Å². The first kappa shape index (κ1) is 23.8. The van der Waals surface area contributed by atoms with Crippen LogP contribution in [0.4, 0.5) is 0 Å². The molecule has 0 bridgehead atoms. The van der Waals surface area contributed by atoms with Gasteiger partial charge in [0.2, 0.25) is 0 Å². The molecule has 0 aliphatic carbocycles. The Hall–Kier alpha value is -0.480. The second kappa shape index (κ2) is 10.5. The van der Waals surface area contributed by atoms with E-state index in [9.17, 15) is 40.9 Å². The van der Waals surface area contributed by atoms with Gasteiger partial charge in [-0.2, -0.15) is 0 Å². The van der Waals surface area contributed by atoms with Crippen molar-refractivity contribution in [2.45, 2.75) is 87.5 Å². The van der Waals surface area contributed by atoms with E-state index in [1.54, 1.807) is 0 Å². The number of ether oxygens (including phenoxy) is 4. The van der Waals surface area contributed by atoms with Crippen LogP contribution in [0.25, 0.3) is 0 Å². The third-order valence-electron chi connectivity index (χ3n) is 4.79. The van der Waals surface area contributed by atoms with Crippen LogP contribution < -0.4 is 0 Å². The summed E-state index contributed by atoms with van der Waals surface area (Å²) >= 11 is 0. The lowest BCUT2D eigenvalue weighted by Gasteiger charge is -2.45. The minimum Gasteiger partial charge on any atom is -0.394 e. The number of aliphatic hydroxyl groups excluding tert-OH is 8. The summed E-state index contributed by atoms with van der Waals surface area (Å²) in [5, 5.41) is 78.6. The fraction of sp³-hybridized carbons (Fsp3) is 1.00. The van der Waals surface area contributed by atoms with Crippen molar-refractivity contribution in [3.05, 3.63) is 0 Å². The molecule has 28 heavy (non-hydrogen) atoms. The molecule has 2 heterocycles. The van der Waals surface area contributed by atoms with Crippen molar-refractivity contribution in [2.24, 2.45) is 0 Å². The highest BCUT2D eigenvalue weighted by atomic mass is 16.7. The average Bonchev–Trinajstić information content (AvgIpc) is 2.67. The summed E-state index contributed by atoms with van der Waals surface area (Å²) in [6.45, 7) is 0.832. The summed E-state index contributed by atoms with van der Waals surface area (Å²) < 4.78 is 20.9. The molecule has 0 radical (unpaired) electrons. The van der Waals surface area contributed by atoms with Crippen LogP contribution >= 0.6 is 0 Å². The van der Waals surface area contributed by atoms with Crippen LogP contribution in [0.15, 0.2) is 0 Å². The maximum atomic E-state index is 10.1. The molecule has 1 unspecified atom stereocenters. The molecule has 12 heteroatoms. The Bertz CT molecular complexity index is 465. The quantitative estimate of drug-likeness (QED) is 0.178. The van der Waals surface area contributed by atoms with Crippen molar-refractivity contribution in [3.8, 4) is 0 Å². The third kappa shape index (κ3) is 5.36. The summed E-state index contributed by atoms with van der Waals surface area (Å²) in [4.78, 5) is 0. The van der Waals surface area contributed by atoms with Crippen LogP contribution in [0.5, 0.6) is 0 Å². The van der Waals surface area contributed by atoms with Gasteiger partial charge in [-0.25, -0.2) is 0 Å². The Balaban J connectivity index is 2.05. The number of hydrogen-bond acceptors (Lipinski definition) is 12. The highest BCUT2D eigenvalue weighted by Crippen LogP contribution is 2.28. The molecule has 0 spiro atoms. The summed E-state index contributed by atoms with van der Waals surface area (Å²) in [7, 11) is 0. The van der Waals surface area contributed by atoms with Gasteiger partial charge in [0.15, 0.2) is 18.9 Å². The zero-order valence-corrected chi connectivity index (χ0v) is 15.4. The lowest BCUT2D eigenvalue weighted by atomic mass is 9.97. The standard InChI is InChI=1S/C16H30O12/c1-2-3-8(18)25-5-7-9(19)10(20)13(23)16(27-7)28-14-6(4-17)26-15(24)12(22)11(14)21/h6-24H,2-5H2,1H3/t6-,7-,8?,9+,10+,11-,12-,13-,14-,15+,16+/m1/s1. The molecule has 0 aromatic carbocycles. The fourth-order valence-corrected chi connectivity index (χ4v) is 3.09. The monoisotopic (exact) mass is 414 g/mol. The van der Waals surface area contributed by atoms with E-state index in [-0.39, 0.29) is 6.61 Å². The van der Waals surface area contributed by atoms with E-state index < -0.39 is 74.3 Å². The largest absolute Gasteiger partial charge is 0.394 e. The van der Waals surface area contributed by atoms with Gasteiger partial charge in [-0.1, -0.05) is 13.3 Å². The second-order valence-corrected chi connectivity index (χ2v) is 6.92. The van der Waals surface area contributed by atoms with Gasteiger partial charge in [0, 0.05) is 0 Å². The van der Waals surface area contributed by atoms with Crippen molar-refractivity contribution in [2.75, 3.05) is 13.2 Å². The Morgan fingerprint density at radius 1 is 0.857 bits per heavy atom. The van der Waals surface area contributed by atoms with E-state index in [4.69, 9.17) is 18.9 Å². The molecule has 0 aromatic rings. The summed E-state index contributed by atoms with van der Waals surface area (Å²) in [5.41, 5.74) is 0. The van der Waals surface area contributed by atoms with Crippen molar-refractivity contribution >= 4 is 0 Å². The Morgan fingerprint density at radius 3 is 2.14 bits per heavy atom. The molecule has 2 aliphatic rings. The van der Waals surface area contributed by atoms with Crippen LogP contribution in [-0.4, -0.2) is 122 Å². The maximum Gasteiger partial charge on any atom is 0.187 e. The maximum absolute atomic E-state index is 10.1. The van der Waals surface area contributed by atoms with Gasteiger partial charge in [0.25, 0.3) is 0 Å². The van der Waals surface area contributed by atoms with Gasteiger partial charge < -0.3 is 59.8 Å². The first-order valence-corrected chi connectivity index (χ1v) is 9.16. The highest BCUT2D eigenvalue weighted by Gasteiger charge is 2.50. The summed E-state index contributed by atoms with van der Waals surface area (Å²) in [5.74, 6) is 0.